The van der Waals surface area contributed by atoms with E-state index < -0.39 is 0 Å². The number of para-hydroxylation sites is 1. The molecule has 1 heterocycles. The van der Waals surface area contributed by atoms with Crippen molar-refractivity contribution in [3.63, 3.8) is 0 Å². The van der Waals surface area contributed by atoms with E-state index >= 15 is 0 Å². The maximum Gasteiger partial charge on any atom is 0.222 e. The Bertz CT molecular complexity index is 576. The maximum atomic E-state index is 11.5. The van der Waals surface area contributed by atoms with Crippen LogP contribution >= 0.6 is 0 Å². The number of hydrogen-bond acceptors (Lipinski definition) is 2. The molecule has 0 spiro atoms. The second-order valence-corrected chi connectivity index (χ2v) is 4.74. The number of nitrogens with zero attached hydrogens (tertiary/aromatic N) is 2. The van der Waals surface area contributed by atoms with Gasteiger partial charge in [-0.3, -0.25) is 9.78 Å². The lowest BCUT2D eigenvalue weighted by Crippen LogP contribution is -2.21. The average Bonchev–Trinajstić information content (AvgIpc) is 2.36. The molecule has 0 fully saturated rings. The van der Waals surface area contributed by atoms with E-state index in [-0.39, 0.29) is 5.91 Å². The van der Waals surface area contributed by atoms with E-state index in [1.165, 1.54) is 5.56 Å². The molecule has 1 aromatic heterocycles. The fourth-order valence-electron chi connectivity index (χ4n) is 1.93. The van der Waals surface area contributed by atoms with Gasteiger partial charge in [0.25, 0.3) is 0 Å². The monoisotopic (exact) mass is 242 g/mol. The normalized spacial score (nSPS) is 10.6. The van der Waals surface area contributed by atoms with Gasteiger partial charge in [-0.2, -0.15) is 0 Å². The van der Waals surface area contributed by atoms with Crippen LogP contribution in [-0.2, 0) is 11.2 Å². The van der Waals surface area contributed by atoms with Gasteiger partial charge in [0.2, 0.25) is 5.91 Å². The third-order valence-electron chi connectivity index (χ3n) is 3.07. The van der Waals surface area contributed by atoms with Crippen LogP contribution in [0.15, 0.2) is 30.3 Å². The summed E-state index contributed by atoms with van der Waals surface area (Å²) in [6, 6.07) is 10.2. The van der Waals surface area contributed by atoms with Gasteiger partial charge in [0.1, 0.15) is 0 Å². The predicted octanol–water partition coefficient (Wildman–Crippen LogP) is 2.56. The highest BCUT2D eigenvalue weighted by molar-refractivity contribution is 5.81. The highest BCUT2D eigenvalue weighted by Gasteiger charge is 2.06. The van der Waals surface area contributed by atoms with Crippen LogP contribution in [0.4, 0.5) is 0 Å². The van der Waals surface area contributed by atoms with Crippen molar-refractivity contribution in [1.82, 2.24) is 9.88 Å². The van der Waals surface area contributed by atoms with Crippen LogP contribution < -0.4 is 0 Å². The Morgan fingerprint density at radius 2 is 2.00 bits per heavy atom. The second-order valence-electron chi connectivity index (χ2n) is 4.74. The van der Waals surface area contributed by atoms with Crippen molar-refractivity contribution in [2.24, 2.45) is 0 Å². The fourth-order valence-corrected chi connectivity index (χ4v) is 1.93. The standard InChI is InChI=1S/C15H18N2O/c1-11-5-4-6-12-7-8-13(16-15(11)12)9-10-14(18)17(2)3/h4-8H,9-10H2,1-3H3. The second kappa shape index (κ2) is 5.17. The molecule has 0 N–H and O–H groups in total. The van der Waals surface area contributed by atoms with E-state index in [2.05, 4.69) is 30.1 Å². The van der Waals surface area contributed by atoms with Crippen LogP contribution in [-0.4, -0.2) is 29.9 Å². The topological polar surface area (TPSA) is 33.2 Å². The molecule has 18 heavy (non-hydrogen) atoms. The van der Waals surface area contributed by atoms with Crippen molar-refractivity contribution < 1.29 is 4.79 Å². The minimum atomic E-state index is 0.140. The summed E-state index contributed by atoms with van der Waals surface area (Å²) in [5.74, 6) is 0.140. The summed E-state index contributed by atoms with van der Waals surface area (Å²) in [7, 11) is 3.56. The highest BCUT2D eigenvalue weighted by Crippen LogP contribution is 2.17. The van der Waals surface area contributed by atoms with Gasteiger partial charge < -0.3 is 4.90 Å². The molecule has 94 valence electrons. The van der Waals surface area contributed by atoms with Gasteiger partial charge in [-0.1, -0.05) is 24.3 Å². The van der Waals surface area contributed by atoms with E-state index in [0.29, 0.717) is 12.8 Å². The van der Waals surface area contributed by atoms with Gasteiger partial charge in [-0.05, 0) is 25.0 Å². The lowest BCUT2D eigenvalue weighted by atomic mass is 10.1. The van der Waals surface area contributed by atoms with Crippen LogP contribution in [0.5, 0.6) is 0 Å². The van der Waals surface area contributed by atoms with E-state index in [1.54, 1.807) is 19.0 Å². The van der Waals surface area contributed by atoms with E-state index in [9.17, 15) is 4.79 Å². The Morgan fingerprint density at radius 1 is 1.22 bits per heavy atom. The van der Waals surface area contributed by atoms with Crippen molar-refractivity contribution in [2.45, 2.75) is 19.8 Å². The molecule has 2 aromatic rings. The number of aryl methyl sites for hydroxylation is 2. The Kier molecular flexibility index (Phi) is 3.60. The molecule has 0 atom stereocenters. The lowest BCUT2D eigenvalue weighted by Gasteiger charge is -2.10. The van der Waals surface area contributed by atoms with Gasteiger partial charge in [0.15, 0.2) is 0 Å². The van der Waals surface area contributed by atoms with Gasteiger partial charge in [0, 0.05) is 31.6 Å². The number of rotatable bonds is 3. The zero-order valence-corrected chi connectivity index (χ0v) is 11.1. The van der Waals surface area contributed by atoms with Gasteiger partial charge in [-0.15, -0.1) is 0 Å². The third kappa shape index (κ3) is 2.67. The zero-order valence-electron chi connectivity index (χ0n) is 11.1. The minimum Gasteiger partial charge on any atom is -0.349 e. The average molecular weight is 242 g/mol. The SMILES string of the molecule is Cc1cccc2ccc(CCC(=O)N(C)C)nc12. The predicted molar refractivity (Wildman–Crippen MR) is 73.5 cm³/mol. The molecule has 0 saturated carbocycles. The van der Waals surface area contributed by atoms with E-state index in [0.717, 1.165) is 16.6 Å². The van der Waals surface area contributed by atoms with Crippen LogP contribution in [0.3, 0.4) is 0 Å². The summed E-state index contributed by atoms with van der Waals surface area (Å²) in [6.07, 6.45) is 1.21. The van der Waals surface area contributed by atoms with E-state index in [4.69, 9.17) is 0 Å². The minimum absolute atomic E-state index is 0.140. The molecule has 0 saturated heterocycles. The van der Waals surface area contributed by atoms with Crippen molar-refractivity contribution in [3.05, 3.63) is 41.6 Å². The van der Waals surface area contributed by atoms with Gasteiger partial charge in [0.05, 0.1) is 5.52 Å². The Morgan fingerprint density at radius 3 is 2.72 bits per heavy atom. The molecule has 1 aromatic carbocycles. The van der Waals surface area contributed by atoms with Crippen LogP contribution in [0.2, 0.25) is 0 Å². The molecule has 0 aliphatic heterocycles. The molecular weight excluding hydrogens is 224 g/mol. The first-order valence-corrected chi connectivity index (χ1v) is 6.13. The summed E-state index contributed by atoms with van der Waals surface area (Å²) in [5, 5.41) is 1.15. The first kappa shape index (κ1) is 12.6. The molecule has 2 rings (SSSR count). The Labute approximate surface area is 107 Å². The maximum absolute atomic E-state index is 11.5. The smallest absolute Gasteiger partial charge is 0.222 e. The number of benzene rings is 1. The quantitative estimate of drug-likeness (QED) is 0.828. The Hall–Kier alpha value is -1.90. The lowest BCUT2D eigenvalue weighted by molar-refractivity contribution is -0.128. The highest BCUT2D eigenvalue weighted by atomic mass is 16.2. The fraction of sp³-hybridized carbons (Fsp3) is 0.333. The molecule has 0 bridgehead atoms. The number of carbonyl (C=O) groups excluding carboxylic acids is 1. The first-order chi connectivity index (χ1) is 8.58. The largest absolute Gasteiger partial charge is 0.349 e. The molecule has 1 amide bonds. The summed E-state index contributed by atoms with van der Waals surface area (Å²) < 4.78 is 0. The van der Waals surface area contributed by atoms with Crippen molar-refractivity contribution in [3.8, 4) is 0 Å². The van der Waals surface area contributed by atoms with E-state index in [1.807, 2.05) is 12.1 Å². The summed E-state index contributed by atoms with van der Waals surface area (Å²) >= 11 is 0. The van der Waals surface area contributed by atoms with Crippen LogP contribution in [0.1, 0.15) is 17.7 Å². The summed E-state index contributed by atoms with van der Waals surface area (Å²) in [4.78, 5) is 17.8. The number of fused-ring (bicyclic) bond motifs is 1. The first-order valence-electron chi connectivity index (χ1n) is 6.13. The van der Waals surface area contributed by atoms with Gasteiger partial charge >= 0.3 is 0 Å². The summed E-state index contributed by atoms with van der Waals surface area (Å²) in [5.41, 5.74) is 3.19. The van der Waals surface area contributed by atoms with Crippen molar-refractivity contribution in [1.29, 1.82) is 0 Å². The number of aromatic nitrogens is 1. The number of pyridine rings is 1. The molecule has 3 heteroatoms. The van der Waals surface area contributed by atoms with Crippen LogP contribution in [0, 0.1) is 6.92 Å². The number of hydrogen-bond donors (Lipinski definition) is 0. The number of amides is 1. The Balaban J connectivity index is 2.20. The van der Waals surface area contributed by atoms with Crippen LogP contribution in [0.25, 0.3) is 10.9 Å². The van der Waals surface area contributed by atoms with Crippen molar-refractivity contribution >= 4 is 16.8 Å². The summed E-state index contributed by atoms with van der Waals surface area (Å²) in [6.45, 7) is 2.06. The molecule has 3 nitrogen and oxygen atoms in total. The van der Waals surface area contributed by atoms with Crippen molar-refractivity contribution in [2.75, 3.05) is 14.1 Å². The number of carbonyl (C=O) groups is 1. The molecule has 0 radical (unpaired) electrons. The molecule has 0 aliphatic rings. The molecular formula is C15H18N2O. The van der Waals surface area contributed by atoms with Gasteiger partial charge in [-0.25, -0.2) is 0 Å². The zero-order chi connectivity index (χ0) is 13.1. The third-order valence-corrected chi connectivity index (χ3v) is 3.07. The molecule has 0 aliphatic carbocycles. The molecule has 0 unspecified atom stereocenters.